The molecule has 5 nitrogen and oxygen atoms in total. The zero-order chi connectivity index (χ0) is 12.8. The van der Waals surface area contributed by atoms with Crippen LogP contribution in [0.2, 0.25) is 0 Å². The summed E-state index contributed by atoms with van der Waals surface area (Å²) in [6.45, 7) is 5.93. The van der Waals surface area contributed by atoms with Gasteiger partial charge in [0.25, 0.3) is 0 Å². The molecule has 17 heavy (non-hydrogen) atoms. The third kappa shape index (κ3) is 3.43. The maximum atomic E-state index is 12.1. The van der Waals surface area contributed by atoms with E-state index in [0.29, 0.717) is 32.6 Å². The second kappa shape index (κ2) is 6.59. The summed E-state index contributed by atoms with van der Waals surface area (Å²) in [5.74, 6) is 0.0930. The molecule has 5 heteroatoms. The number of amides is 2. The topological polar surface area (TPSA) is 60.9 Å². The lowest BCUT2D eigenvalue weighted by molar-refractivity contribution is -0.136. The molecule has 2 amide bonds. The quantitative estimate of drug-likeness (QED) is 0.743. The number of hydrogen-bond acceptors (Lipinski definition) is 3. The van der Waals surface area contributed by atoms with Gasteiger partial charge < -0.3 is 14.9 Å². The first-order valence-corrected chi connectivity index (χ1v) is 6.31. The monoisotopic (exact) mass is 242 g/mol. The SMILES string of the molecule is CCC(=O)N1CCC(C(=O)N(CC)CCO)C1. The van der Waals surface area contributed by atoms with Crippen molar-refractivity contribution >= 4 is 11.8 Å². The molecule has 1 heterocycles. The fourth-order valence-corrected chi connectivity index (χ4v) is 2.22. The van der Waals surface area contributed by atoms with Crippen LogP contribution in [0, 0.1) is 5.92 Å². The van der Waals surface area contributed by atoms with Crippen LogP contribution in [0.5, 0.6) is 0 Å². The summed E-state index contributed by atoms with van der Waals surface area (Å²) in [7, 11) is 0. The van der Waals surface area contributed by atoms with Crippen LogP contribution in [0.3, 0.4) is 0 Å². The number of nitrogens with zero attached hydrogens (tertiary/aromatic N) is 2. The summed E-state index contributed by atoms with van der Waals surface area (Å²) in [5.41, 5.74) is 0. The summed E-state index contributed by atoms with van der Waals surface area (Å²) in [6.07, 6.45) is 1.24. The number of carbonyl (C=O) groups excluding carboxylic acids is 2. The van der Waals surface area contributed by atoms with E-state index in [2.05, 4.69) is 0 Å². The maximum Gasteiger partial charge on any atom is 0.227 e. The lowest BCUT2D eigenvalue weighted by Crippen LogP contribution is -2.39. The molecule has 98 valence electrons. The van der Waals surface area contributed by atoms with Crippen molar-refractivity contribution in [1.29, 1.82) is 0 Å². The minimum Gasteiger partial charge on any atom is -0.395 e. The Bertz CT molecular complexity index is 281. The van der Waals surface area contributed by atoms with Crippen LogP contribution < -0.4 is 0 Å². The van der Waals surface area contributed by atoms with Gasteiger partial charge in [-0.25, -0.2) is 0 Å². The van der Waals surface area contributed by atoms with Gasteiger partial charge in [-0.3, -0.25) is 9.59 Å². The molecule has 1 unspecified atom stereocenters. The van der Waals surface area contributed by atoms with E-state index in [0.717, 1.165) is 6.42 Å². The van der Waals surface area contributed by atoms with E-state index in [4.69, 9.17) is 5.11 Å². The highest BCUT2D eigenvalue weighted by Gasteiger charge is 2.32. The third-order valence-electron chi connectivity index (χ3n) is 3.26. The maximum absolute atomic E-state index is 12.1. The number of carbonyl (C=O) groups is 2. The molecule has 0 saturated carbocycles. The van der Waals surface area contributed by atoms with Gasteiger partial charge in [0.2, 0.25) is 11.8 Å². The molecule has 0 bridgehead atoms. The molecule has 1 atom stereocenters. The van der Waals surface area contributed by atoms with Gasteiger partial charge >= 0.3 is 0 Å². The molecular weight excluding hydrogens is 220 g/mol. The van der Waals surface area contributed by atoms with Crippen molar-refractivity contribution in [3.05, 3.63) is 0 Å². The Hall–Kier alpha value is -1.10. The Morgan fingerprint density at radius 2 is 2.12 bits per heavy atom. The van der Waals surface area contributed by atoms with Crippen LogP contribution in [-0.4, -0.2) is 59.5 Å². The highest BCUT2D eigenvalue weighted by molar-refractivity contribution is 5.82. The number of likely N-dealkylation sites (N-methyl/N-ethyl adjacent to an activating group) is 1. The molecule has 0 aliphatic carbocycles. The van der Waals surface area contributed by atoms with E-state index in [1.54, 1.807) is 9.80 Å². The normalized spacial score (nSPS) is 19.5. The predicted molar refractivity (Wildman–Crippen MR) is 64.3 cm³/mol. The van der Waals surface area contributed by atoms with Gasteiger partial charge in [0.1, 0.15) is 0 Å². The van der Waals surface area contributed by atoms with Gasteiger partial charge in [-0.15, -0.1) is 0 Å². The van der Waals surface area contributed by atoms with Crippen molar-refractivity contribution in [2.45, 2.75) is 26.7 Å². The van der Waals surface area contributed by atoms with Gasteiger partial charge in [0.15, 0.2) is 0 Å². The van der Waals surface area contributed by atoms with Crippen molar-refractivity contribution in [3.63, 3.8) is 0 Å². The van der Waals surface area contributed by atoms with Gasteiger partial charge in [-0.2, -0.15) is 0 Å². The van der Waals surface area contributed by atoms with Crippen molar-refractivity contribution in [2.75, 3.05) is 32.8 Å². The highest BCUT2D eigenvalue weighted by atomic mass is 16.3. The zero-order valence-corrected chi connectivity index (χ0v) is 10.7. The molecule has 0 aromatic carbocycles. The number of aliphatic hydroxyl groups is 1. The lowest BCUT2D eigenvalue weighted by atomic mass is 10.1. The Balaban J connectivity index is 2.52. The van der Waals surface area contributed by atoms with Crippen LogP contribution in [-0.2, 0) is 9.59 Å². The first-order valence-electron chi connectivity index (χ1n) is 6.31. The minimum atomic E-state index is -0.0861. The molecule has 0 radical (unpaired) electrons. The molecule has 0 spiro atoms. The Morgan fingerprint density at radius 1 is 1.41 bits per heavy atom. The molecular formula is C12H22N2O3. The first kappa shape index (κ1) is 14.0. The first-order chi connectivity index (χ1) is 8.13. The lowest BCUT2D eigenvalue weighted by Gasteiger charge is -2.23. The van der Waals surface area contributed by atoms with Crippen molar-refractivity contribution in [3.8, 4) is 0 Å². The highest BCUT2D eigenvalue weighted by Crippen LogP contribution is 2.19. The molecule has 1 saturated heterocycles. The molecule has 1 fully saturated rings. The van der Waals surface area contributed by atoms with Crippen molar-refractivity contribution in [1.82, 2.24) is 9.80 Å². The molecule has 1 aliphatic heterocycles. The standard InChI is InChI=1S/C12H22N2O3/c1-3-11(16)14-6-5-10(9-14)12(17)13(4-2)7-8-15/h10,15H,3-9H2,1-2H3. The Kier molecular flexibility index (Phi) is 5.41. The van der Waals surface area contributed by atoms with Crippen LogP contribution >= 0.6 is 0 Å². The fraction of sp³-hybridized carbons (Fsp3) is 0.833. The second-order valence-electron chi connectivity index (χ2n) is 4.32. The van der Waals surface area contributed by atoms with Gasteiger partial charge in [-0.1, -0.05) is 6.92 Å². The van der Waals surface area contributed by atoms with Crippen LogP contribution in [0.15, 0.2) is 0 Å². The van der Waals surface area contributed by atoms with Crippen molar-refractivity contribution < 1.29 is 14.7 Å². The second-order valence-corrected chi connectivity index (χ2v) is 4.32. The Labute approximate surface area is 102 Å². The smallest absolute Gasteiger partial charge is 0.227 e. The zero-order valence-electron chi connectivity index (χ0n) is 10.7. The van der Waals surface area contributed by atoms with Crippen LogP contribution in [0.25, 0.3) is 0 Å². The predicted octanol–water partition coefficient (Wildman–Crippen LogP) is 0.0857. The minimum absolute atomic E-state index is 0.0100. The summed E-state index contributed by atoms with van der Waals surface area (Å²) in [5, 5.41) is 8.88. The van der Waals surface area contributed by atoms with Gasteiger partial charge in [0, 0.05) is 32.6 Å². The van der Waals surface area contributed by atoms with Crippen molar-refractivity contribution in [2.24, 2.45) is 5.92 Å². The third-order valence-corrected chi connectivity index (χ3v) is 3.26. The molecule has 1 rings (SSSR count). The van der Waals surface area contributed by atoms with E-state index in [9.17, 15) is 9.59 Å². The van der Waals surface area contributed by atoms with E-state index >= 15 is 0 Å². The fourth-order valence-electron chi connectivity index (χ4n) is 2.22. The molecule has 1 N–H and O–H groups in total. The molecule has 0 aromatic rings. The summed E-state index contributed by atoms with van der Waals surface area (Å²) in [4.78, 5) is 27.0. The van der Waals surface area contributed by atoms with Crippen LogP contribution in [0.1, 0.15) is 26.7 Å². The Morgan fingerprint density at radius 3 is 2.65 bits per heavy atom. The average molecular weight is 242 g/mol. The summed E-state index contributed by atoms with van der Waals surface area (Å²) in [6, 6.07) is 0. The van der Waals surface area contributed by atoms with Gasteiger partial charge in [0.05, 0.1) is 12.5 Å². The number of aliphatic hydroxyl groups excluding tert-OH is 1. The summed E-state index contributed by atoms with van der Waals surface area (Å²) >= 11 is 0. The number of likely N-dealkylation sites (tertiary alicyclic amines) is 1. The van der Waals surface area contributed by atoms with E-state index in [1.165, 1.54) is 0 Å². The van der Waals surface area contributed by atoms with Crippen LogP contribution in [0.4, 0.5) is 0 Å². The van der Waals surface area contributed by atoms with E-state index in [1.807, 2.05) is 13.8 Å². The largest absolute Gasteiger partial charge is 0.395 e. The molecule has 1 aliphatic rings. The number of rotatable bonds is 5. The van der Waals surface area contributed by atoms with Gasteiger partial charge in [-0.05, 0) is 13.3 Å². The average Bonchev–Trinajstić information content (AvgIpc) is 2.83. The molecule has 0 aromatic heterocycles. The number of hydrogen-bond donors (Lipinski definition) is 1. The van der Waals surface area contributed by atoms with E-state index < -0.39 is 0 Å². The summed E-state index contributed by atoms with van der Waals surface area (Å²) < 4.78 is 0. The van der Waals surface area contributed by atoms with E-state index in [-0.39, 0.29) is 24.3 Å².